The molecular weight excluding hydrogens is 299 g/mol. The molecule has 0 radical (unpaired) electrons. The number of hydrogen-bond acceptors (Lipinski definition) is 5. The van der Waals surface area contributed by atoms with Crippen LogP contribution in [0.15, 0.2) is 29.1 Å². The van der Waals surface area contributed by atoms with Crippen molar-refractivity contribution in [2.24, 2.45) is 0 Å². The number of H-pyrrole nitrogens is 1. The summed E-state index contributed by atoms with van der Waals surface area (Å²) < 4.78 is 36.1. The van der Waals surface area contributed by atoms with Crippen LogP contribution in [0.4, 0.5) is 4.39 Å². The summed E-state index contributed by atoms with van der Waals surface area (Å²) in [6, 6.07) is 5.10. The van der Waals surface area contributed by atoms with Crippen molar-refractivity contribution < 1.29 is 17.9 Å². The molecule has 0 aliphatic carbocycles. The van der Waals surface area contributed by atoms with Gasteiger partial charge in [-0.05, 0) is 24.6 Å². The average molecular weight is 312 g/mol. The van der Waals surface area contributed by atoms with E-state index in [1.807, 2.05) is 0 Å². The number of aromatic nitrogens is 2. The molecule has 1 heterocycles. The van der Waals surface area contributed by atoms with Gasteiger partial charge in [0, 0.05) is 6.26 Å². The van der Waals surface area contributed by atoms with Gasteiger partial charge in [-0.3, -0.25) is 4.79 Å². The molecule has 1 aromatic heterocycles. The highest BCUT2D eigenvalue weighted by Crippen LogP contribution is 2.26. The zero-order valence-corrected chi connectivity index (χ0v) is 12.1. The summed E-state index contributed by atoms with van der Waals surface area (Å²) in [5, 5.41) is 8.81. The van der Waals surface area contributed by atoms with Crippen LogP contribution < -0.4 is 5.56 Å². The second-order valence-electron chi connectivity index (χ2n) is 4.63. The third-order valence-corrected chi connectivity index (χ3v) is 4.57. The van der Waals surface area contributed by atoms with Crippen LogP contribution in [0, 0.1) is 5.82 Å². The molecule has 1 aromatic carbocycles. The van der Waals surface area contributed by atoms with Gasteiger partial charge >= 0.3 is 0 Å². The molecule has 8 heteroatoms. The van der Waals surface area contributed by atoms with Crippen molar-refractivity contribution in [2.45, 2.75) is 12.2 Å². The molecule has 0 saturated carbocycles. The van der Waals surface area contributed by atoms with E-state index in [4.69, 9.17) is 0 Å². The Labute approximate surface area is 120 Å². The largest absolute Gasteiger partial charge is 0.493 e. The minimum atomic E-state index is -3.48. The number of halogens is 1. The van der Waals surface area contributed by atoms with E-state index in [-0.39, 0.29) is 17.0 Å². The lowest BCUT2D eigenvalue weighted by Crippen LogP contribution is -2.19. The van der Waals surface area contributed by atoms with Crippen molar-refractivity contribution in [3.8, 4) is 17.0 Å². The summed E-state index contributed by atoms with van der Waals surface area (Å²) in [7, 11) is -3.48. The summed E-state index contributed by atoms with van der Waals surface area (Å²) in [5.74, 6) is -1.38. The third-order valence-electron chi connectivity index (χ3n) is 3.06. The Bertz CT molecular complexity index is 845. The molecule has 0 aliphatic rings. The lowest BCUT2D eigenvalue weighted by atomic mass is 10.1. The summed E-state index contributed by atoms with van der Waals surface area (Å²) in [6.45, 7) is 1.34. The average Bonchev–Trinajstić information content (AvgIpc) is 2.36. The molecule has 2 aromatic rings. The van der Waals surface area contributed by atoms with Gasteiger partial charge in [-0.2, -0.15) is 4.98 Å². The molecule has 6 nitrogen and oxygen atoms in total. The molecule has 0 bridgehead atoms. The number of hydrogen-bond donors (Lipinski definition) is 2. The van der Waals surface area contributed by atoms with Crippen LogP contribution in [0.1, 0.15) is 18.0 Å². The van der Waals surface area contributed by atoms with Crippen LogP contribution >= 0.6 is 0 Å². The zero-order chi connectivity index (χ0) is 15.8. The summed E-state index contributed by atoms with van der Waals surface area (Å²) in [5.41, 5.74) is -0.794. The summed E-state index contributed by atoms with van der Waals surface area (Å²) in [6.07, 6.45) is 0.995. The van der Waals surface area contributed by atoms with Crippen molar-refractivity contribution in [3.05, 3.63) is 46.3 Å². The first kappa shape index (κ1) is 15.2. The van der Waals surface area contributed by atoms with Gasteiger partial charge in [0.25, 0.3) is 5.56 Å². The standard InChI is InChI=1S/C13H13FN2O4S/c1-7(21(2,19)20)11-15-12(17)10(13(18)16-11)8-4-3-5-9(14)6-8/h3-7H,1-2H3,(H2,15,16,17,18). The first-order valence-electron chi connectivity index (χ1n) is 5.98. The van der Waals surface area contributed by atoms with Gasteiger partial charge in [0.2, 0.25) is 5.88 Å². The van der Waals surface area contributed by atoms with Crippen molar-refractivity contribution in [1.82, 2.24) is 9.97 Å². The van der Waals surface area contributed by atoms with E-state index in [1.165, 1.54) is 25.1 Å². The topological polar surface area (TPSA) is 100 Å². The molecule has 112 valence electrons. The maximum atomic E-state index is 13.2. The van der Waals surface area contributed by atoms with E-state index in [1.54, 1.807) is 0 Å². The van der Waals surface area contributed by atoms with Crippen molar-refractivity contribution in [1.29, 1.82) is 0 Å². The van der Waals surface area contributed by atoms with E-state index >= 15 is 0 Å². The molecule has 0 fully saturated rings. The van der Waals surface area contributed by atoms with Gasteiger partial charge in [-0.15, -0.1) is 0 Å². The predicted molar refractivity (Wildman–Crippen MR) is 75.2 cm³/mol. The molecule has 21 heavy (non-hydrogen) atoms. The number of nitrogens with one attached hydrogen (secondary N) is 1. The van der Waals surface area contributed by atoms with E-state index in [2.05, 4.69) is 9.97 Å². The first-order valence-corrected chi connectivity index (χ1v) is 7.93. The highest BCUT2D eigenvalue weighted by Gasteiger charge is 2.22. The number of aromatic amines is 1. The third kappa shape index (κ3) is 3.10. The minimum Gasteiger partial charge on any atom is -0.493 e. The second kappa shape index (κ2) is 5.28. The van der Waals surface area contributed by atoms with Crippen LogP contribution in [-0.4, -0.2) is 29.7 Å². The molecule has 2 N–H and O–H groups in total. The van der Waals surface area contributed by atoms with Crippen LogP contribution in [0.25, 0.3) is 11.1 Å². The molecule has 0 spiro atoms. The number of aromatic hydroxyl groups is 1. The second-order valence-corrected chi connectivity index (χ2v) is 7.00. The zero-order valence-electron chi connectivity index (χ0n) is 11.3. The van der Waals surface area contributed by atoms with Crippen molar-refractivity contribution >= 4 is 9.84 Å². The molecule has 0 aliphatic heterocycles. The van der Waals surface area contributed by atoms with Gasteiger partial charge in [0.15, 0.2) is 9.84 Å². The van der Waals surface area contributed by atoms with Crippen molar-refractivity contribution in [3.63, 3.8) is 0 Å². The normalized spacial score (nSPS) is 13.1. The quantitative estimate of drug-likeness (QED) is 0.892. The molecular formula is C13H13FN2O4S. The SMILES string of the molecule is CC(c1nc(O)c(-c2cccc(F)c2)c(=O)[nH]1)S(C)(=O)=O. The molecule has 0 amide bonds. The summed E-state index contributed by atoms with van der Waals surface area (Å²) in [4.78, 5) is 18.0. The number of nitrogens with zero attached hydrogens (tertiary/aromatic N) is 1. The Kier molecular flexibility index (Phi) is 3.82. The van der Waals surface area contributed by atoms with Gasteiger partial charge in [-0.1, -0.05) is 12.1 Å². The fourth-order valence-electron chi connectivity index (χ4n) is 1.78. The predicted octanol–water partition coefficient (Wildman–Crippen LogP) is 1.39. The van der Waals surface area contributed by atoms with Gasteiger partial charge < -0.3 is 10.1 Å². The lowest BCUT2D eigenvalue weighted by molar-refractivity contribution is 0.449. The fourth-order valence-corrected chi connectivity index (χ4v) is 2.29. The smallest absolute Gasteiger partial charge is 0.262 e. The van der Waals surface area contributed by atoms with Crippen LogP contribution in [0.2, 0.25) is 0 Å². The Hall–Kier alpha value is -2.22. The van der Waals surface area contributed by atoms with E-state index in [9.17, 15) is 22.7 Å². The Morgan fingerprint density at radius 3 is 2.57 bits per heavy atom. The molecule has 0 saturated heterocycles. The lowest BCUT2D eigenvalue weighted by Gasteiger charge is -2.10. The number of sulfone groups is 1. The molecule has 2 rings (SSSR count). The maximum absolute atomic E-state index is 13.2. The highest BCUT2D eigenvalue weighted by molar-refractivity contribution is 7.90. The van der Waals surface area contributed by atoms with Crippen LogP contribution in [0.5, 0.6) is 5.88 Å². The Morgan fingerprint density at radius 2 is 2.05 bits per heavy atom. The number of benzene rings is 1. The minimum absolute atomic E-state index is 0.153. The highest BCUT2D eigenvalue weighted by atomic mass is 32.2. The van der Waals surface area contributed by atoms with E-state index in [0.717, 1.165) is 12.3 Å². The van der Waals surface area contributed by atoms with Gasteiger partial charge in [0.1, 0.15) is 22.5 Å². The van der Waals surface area contributed by atoms with Gasteiger partial charge in [-0.25, -0.2) is 12.8 Å². The van der Waals surface area contributed by atoms with E-state index < -0.39 is 32.3 Å². The molecule has 1 atom stereocenters. The first-order chi connectivity index (χ1) is 9.70. The Balaban J connectivity index is 2.61. The van der Waals surface area contributed by atoms with Crippen LogP contribution in [-0.2, 0) is 9.84 Å². The van der Waals surface area contributed by atoms with Gasteiger partial charge in [0.05, 0.1) is 0 Å². The summed E-state index contributed by atoms with van der Waals surface area (Å²) >= 11 is 0. The fraction of sp³-hybridized carbons (Fsp3) is 0.231. The van der Waals surface area contributed by atoms with Crippen LogP contribution in [0.3, 0.4) is 0 Å². The van der Waals surface area contributed by atoms with Crippen molar-refractivity contribution in [2.75, 3.05) is 6.26 Å². The maximum Gasteiger partial charge on any atom is 0.262 e. The Morgan fingerprint density at radius 1 is 1.38 bits per heavy atom. The van der Waals surface area contributed by atoms with E-state index in [0.29, 0.717) is 0 Å². The monoisotopic (exact) mass is 312 g/mol. The number of rotatable bonds is 3. The molecule has 1 unspecified atom stereocenters.